The molecule has 0 aliphatic carbocycles. The molecule has 108 valence electrons. The van der Waals surface area contributed by atoms with Crippen LogP contribution in [0, 0.1) is 6.92 Å². The van der Waals surface area contributed by atoms with Crippen LogP contribution < -0.4 is 5.32 Å². The van der Waals surface area contributed by atoms with Crippen LogP contribution in [0.3, 0.4) is 0 Å². The second-order valence-corrected chi connectivity index (χ2v) is 5.15. The van der Waals surface area contributed by atoms with Crippen molar-refractivity contribution in [3.05, 3.63) is 53.6 Å². The number of carbonyl (C=O) groups excluding carboxylic acids is 1. The summed E-state index contributed by atoms with van der Waals surface area (Å²) in [6, 6.07) is 11.4. The van der Waals surface area contributed by atoms with Crippen molar-refractivity contribution in [1.82, 2.24) is 10.5 Å². The number of aryl methyl sites for hydroxylation is 1. The maximum Gasteiger partial charge on any atom is 0.273 e. The van der Waals surface area contributed by atoms with Crippen LogP contribution in [-0.2, 0) is 6.42 Å². The van der Waals surface area contributed by atoms with Crippen molar-refractivity contribution in [3.63, 3.8) is 0 Å². The lowest BCUT2D eigenvalue weighted by Crippen LogP contribution is -2.34. The molecule has 21 heavy (non-hydrogen) atoms. The molecule has 0 spiro atoms. The lowest BCUT2D eigenvalue weighted by atomic mass is 10.1. The summed E-state index contributed by atoms with van der Waals surface area (Å²) in [6.45, 7) is 3.68. The third kappa shape index (κ3) is 2.97. The zero-order chi connectivity index (χ0) is 14.8. The second kappa shape index (κ2) is 5.44. The molecule has 5 heteroatoms. The Bertz CT molecular complexity index is 740. The van der Waals surface area contributed by atoms with Gasteiger partial charge in [0.1, 0.15) is 17.1 Å². The number of hydrogen-bond acceptors (Lipinski definition) is 4. The van der Waals surface area contributed by atoms with Gasteiger partial charge < -0.3 is 14.3 Å². The molecule has 0 bridgehead atoms. The van der Waals surface area contributed by atoms with Gasteiger partial charge in [-0.05, 0) is 26.0 Å². The van der Waals surface area contributed by atoms with Crippen LogP contribution in [0.2, 0.25) is 0 Å². The molecule has 1 atom stereocenters. The van der Waals surface area contributed by atoms with Gasteiger partial charge in [-0.2, -0.15) is 0 Å². The number of nitrogens with one attached hydrogen (secondary N) is 1. The predicted molar refractivity (Wildman–Crippen MR) is 78.1 cm³/mol. The fraction of sp³-hybridized carbons (Fsp3) is 0.250. The first-order valence-corrected chi connectivity index (χ1v) is 6.83. The highest BCUT2D eigenvalue weighted by Crippen LogP contribution is 2.19. The molecule has 3 aromatic rings. The maximum atomic E-state index is 12.0. The summed E-state index contributed by atoms with van der Waals surface area (Å²) in [4.78, 5) is 12.0. The Kier molecular flexibility index (Phi) is 3.48. The Morgan fingerprint density at radius 2 is 2.14 bits per heavy atom. The van der Waals surface area contributed by atoms with Crippen molar-refractivity contribution in [3.8, 4) is 0 Å². The Hall–Kier alpha value is -2.56. The quantitative estimate of drug-likeness (QED) is 0.799. The van der Waals surface area contributed by atoms with Crippen LogP contribution in [-0.4, -0.2) is 17.1 Å². The van der Waals surface area contributed by atoms with Crippen molar-refractivity contribution in [2.45, 2.75) is 26.3 Å². The molecule has 0 aliphatic heterocycles. The van der Waals surface area contributed by atoms with Gasteiger partial charge in [-0.1, -0.05) is 23.4 Å². The zero-order valence-electron chi connectivity index (χ0n) is 11.9. The first-order valence-electron chi connectivity index (χ1n) is 6.83. The highest BCUT2D eigenvalue weighted by Gasteiger charge is 2.15. The number of furan rings is 1. The summed E-state index contributed by atoms with van der Waals surface area (Å²) in [5.74, 6) is 1.22. The molecule has 2 aromatic heterocycles. The van der Waals surface area contributed by atoms with Crippen LogP contribution in [0.5, 0.6) is 0 Å². The Morgan fingerprint density at radius 1 is 1.33 bits per heavy atom. The minimum atomic E-state index is -0.240. The summed E-state index contributed by atoms with van der Waals surface area (Å²) >= 11 is 0. The topological polar surface area (TPSA) is 68.3 Å². The minimum Gasteiger partial charge on any atom is -0.461 e. The van der Waals surface area contributed by atoms with Crippen LogP contribution in [0.4, 0.5) is 0 Å². The second-order valence-electron chi connectivity index (χ2n) is 5.15. The number of fused-ring (bicyclic) bond motifs is 1. The van der Waals surface area contributed by atoms with E-state index in [1.54, 1.807) is 13.0 Å². The van der Waals surface area contributed by atoms with Crippen LogP contribution >= 0.6 is 0 Å². The molecule has 3 rings (SSSR count). The van der Waals surface area contributed by atoms with E-state index in [4.69, 9.17) is 8.94 Å². The molecular weight excluding hydrogens is 268 g/mol. The van der Waals surface area contributed by atoms with Crippen LogP contribution in [0.25, 0.3) is 11.0 Å². The highest BCUT2D eigenvalue weighted by atomic mass is 16.5. The van der Waals surface area contributed by atoms with Gasteiger partial charge in [0.2, 0.25) is 0 Å². The van der Waals surface area contributed by atoms with Gasteiger partial charge in [0, 0.05) is 23.9 Å². The molecule has 1 amide bonds. The summed E-state index contributed by atoms with van der Waals surface area (Å²) in [5.41, 5.74) is 1.15. The van der Waals surface area contributed by atoms with Gasteiger partial charge in [0.25, 0.3) is 5.91 Å². The van der Waals surface area contributed by atoms with Crippen LogP contribution in [0.15, 0.2) is 45.3 Å². The average molecular weight is 284 g/mol. The predicted octanol–water partition coefficient (Wildman–Crippen LogP) is 3.09. The lowest BCUT2D eigenvalue weighted by Gasteiger charge is -2.10. The van der Waals surface area contributed by atoms with E-state index in [0.717, 1.165) is 16.7 Å². The third-order valence-corrected chi connectivity index (χ3v) is 3.22. The molecule has 0 saturated heterocycles. The van der Waals surface area contributed by atoms with Gasteiger partial charge >= 0.3 is 0 Å². The van der Waals surface area contributed by atoms with E-state index in [9.17, 15) is 4.79 Å². The molecule has 2 heterocycles. The first kappa shape index (κ1) is 13.4. The Morgan fingerprint density at radius 3 is 2.86 bits per heavy atom. The Balaban J connectivity index is 1.65. The number of rotatable bonds is 4. The molecule has 0 saturated carbocycles. The molecule has 0 radical (unpaired) electrons. The Labute approximate surface area is 121 Å². The normalized spacial score (nSPS) is 12.5. The molecule has 0 unspecified atom stereocenters. The fourth-order valence-corrected chi connectivity index (χ4v) is 2.26. The summed E-state index contributed by atoms with van der Waals surface area (Å²) in [5, 5.41) is 7.65. The van der Waals surface area contributed by atoms with E-state index in [0.29, 0.717) is 17.9 Å². The highest BCUT2D eigenvalue weighted by molar-refractivity contribution is 5.92. The van der Waals surface area contributed by atoms with Gasteiger partial charge in [-0.15, -0.1) is 0 Å². The molecule has 0 fully saturated rings. The number of benzene rings is 1. The number of para-hydroxylation sites is 1. The largest absolute Gasteiger partial charge is 0.461 e. The average Bonchev–Trinajstić information content (AvgIpc) is 3.03. The summed E-state index contributed by atoms with van der Waals surface area (Å²) in [7, 11) is 0. The van der Waals surface area contributed by atoms with Gasteiger partial charge in [-0.25, -0.2) is 0 Å². The number of nitrogens with zero attached hydrogens (tertiary/aromatic N) is 1. The van der Waals surface area contributed by atoms with Crippen molar-refractivity contribution in [1.29, 1.82) is 0 Å². The number of hydrogen-bond donors (Lipinski definition) is 1. The third-order valence-electron chi connectivity index (χ3n) is 3.22. The monoisotopic (exact) mass is 284 g/mol. The number of aromatic nitrogens is 1. The van der Waals surface area contributed by atoms with E-state index in [1.165, 1.54) is 0 Å². The standard InChI is InChI=1S/C16H16N2O3/c1-10(17-16(19)14-8-11(2)21-18-14)7-13-9-12-5-3-4-6-15(12)20-13/h3-6,8-10H,7H2,1-2H3,(H,17,19)/t10-/m1/s1. The van der Waals surface area contributed by atoms with E-state index in [2.05, 4.69) is 10.5 Å². The SMILES string of the molecule is Cc1cc(C(=O)N[C@H](C)Cc2cc3ccccc3o2)no1. The maximum absolute atomic E-state index is 12.0. The number of carbonyl (C=O) groups is 1. The fourth-order valence-electron chi connectivity index (χ4n) is 2.26. The van der Waals surface area contributed by atoms with Crippen molar-refractivity contribution in [2.24, 2.45) is 0 Å². The molecule has 0 aliphatic rings. The first-order chi connectivity index (χ1) is 10.1. The molecular formula is C16H16N2O3. The summed E-state index contributed by atoms with van der Waals surface area (Å²) in [6.07, 6.45) is 0.622. The smallest absolute Gasteiger partial charge is 0.273 e. The lowest BCUT2D eigenvalue weighted by molar-refractivity contribution is 0.0930. The van der Waals surface area contributed by atoms with Gasteiger partial charge in [0.05, 0.1) is 0 Å². The van der Waals surface area contributed by atoms with Gasteiger partial charge in [-0.3, -0.25) is 4.79 Å². The van der Waals surface area contributed by atoms with Crippen LogP contribution in [0.1, 0.15) is 28.9 Å². The van der Waals surface area contributed by atoms with E-state index >= 15 is 0 Å². The van der Waals surface area contributed by atoms with E-state index < -0.39 is 0 Å². The van der Waals surface area contributed by atoms with Crippen molar-refractivity contribution >= 4 is 16.9 Å². The molecule has 1 N–H and O–H groups in total. The van der Waals surface area contributed by atoms with E-state index in [1.807, 2.05) is 37.3 Å². The minimum absolute atomic E-state index is 0.0601. The van der Waals surface area contributed by atoms with E-state index in [-0.39, 0.29) is 11.9 Å². The van der Waals surface area contributed by atoms with Gasteiger partial charge in [0.15, 0.2) is 5.69 Å². The van der Waals surface area contributed by atoms with Crippen molar-refractivity contribution < 1.29 is 13.7 Å². The molecule has 5 nitrogen and oxygen atoms in total. The zero-order valence-corrected chi connectivity index (χ0v) is 11.9. The summed E-state index contributed by atoms with van der Waals surface area (Å²) < 4.78 is 10.6. The van der Waals surface area contributed by atoms with Crippen molar-refractivity contribution in [2.75, 3.05) is 0 Å². The molecule has 1 aromatic carbocycles. The number of amides is 1.